The number of benzene rings is 2. The highest BCUT2D eigenvalue weighted by Gasteiger charge is 2.35. The lowest BCUT2D eigenvalue weighted by Gasteiger charge is -2.33. The molecule has 32 heavy (non-hydrogen) atoms. The lowest BCUT2D eigenvalue weighted by atomic mass is 9.80. The Balaban J connectivity index is 1.17. The van der Waals surface area contributed by atoms with Crippen molar-refractivity contribution in [1.29, 1.82) is 0 Å². The summed E-state index contributed by atoms with van der Waals surface area (Å²) in [6.45, 7) is 0. The number of nitrogens with zero attached hydrogens (tertiary/aromatic N) is 2. The maximum atomic E-state index is 14.6. The largest absolute Gasteiger partial charge is 0.393 e. The van der Waals surface area contributed by atoms with Crippen LogP contribution in [0, 0.1) is 11.7 Å². The molecule has 0 saturated heterocycles. The third kappa shape index (κ3) is 4.00. The molecule has 166 valence electrons. The number of aromatic nitrogens is 2. The Bertz CT molecular complexity index is 1090. The van der Waals surface area contributed by atoms with Crippen LogP contribution >= 0.6 is 0 Å². The quantitative estimate of drug-likeness (QED) is 0.544. The first-order valence-electron chi connectivity index (χ1n) is 11.2. The van der Waals surface area contributed by atoms with E-state index in [1.165, 1.54) is 6.07 Å². The highest BCUT2D eigenvalue weighted by Crippen LogP contribution is 2.44. The van der Waals surface area contributed by atoms with Gasteiger partial charge >= 0.3 is 6.03 Å². The fourth-order valence-electron chi connectivity index (χ4n) is 5.17. The van der Waals surface area contributed by atoms with Crippen molar-refractivity contribution in [3.05, 3.63) is 72.4 Å². The number of aliphatic hydroxyl groups excluding tert-OH is 1. The van der Waals surface area contributed by atoms with E-state index in [-0.39, 0.29) is 29.8 Å². The summed E-state index contributed by atoms with van der Waals surface area (Å²) in [5.41, 5.74) is 3.17. The molecule has 2 amide bonds. The zero-order valence-corrected chi connectivity index (χ0v) is 17.7. The van der Waals surface area contributed by atoms with Crippen LogP contribution in [-0.2, 0) is 0 Å². The molecule has 1 aliphatic heterocycles. The standard InChI is InChI=1S/C25H27FN4O2/c26-20-8-4-7-19-22-14-27-15-30(22)21(24(19)20)13-23(31)16-9-11-18(12-10-16)29-25(32)28-17-5-2-1-3-6-17/h1-8,14-16,18,21,23,31H,9-13H2,(H2,28,29,32). The average Bonchev–Trinajstić information content (AvgIpc) is 3.38. The summed E-state index contributed by atoms with van der Waals surface area (Å²) < 4.78 is 16.6. The second-order valence-electron chi connectivity index (χ2n) is 8.78. The average molecular weight is 435 g/mol. The summed E-state index contributed by atoms with van der Waals surface area (Å²) in [6, 6.07) is 14.1. The van der Waals surface area contributed by atoms with Crippen LogP contribution in [0.5, 0.6) is 0 Å². The molecule has 1 saturated carbocycles. The summed E-state index contributed by atoms with van der Waals surface area (Å²) >= 11 is 0. The van der Waals surface area contributed by atoms with E-state index in [4.69, 9.17) is 0 Å². The van der Waals surface area contributed by atoms with Gasteiger partial charge in [0.25, 0.3) is 0 Å². The molecule has 2 atom stereocenters. The molecule has 2 unspecified atom stereocenters. The lowest BCUT2D eigenvalue weighted by molar-refractivity contribution is 0.0637. The first kappa shape index (κ1) is 20.7. The number of para-hydroxylation sites is 1. The third-order valence-electron chi connectivity index (χ3n) is 6.81. The fourth-order valence-corrected chi connectivity index (χ4v) is 5.17. The van der Waals surface area contributed by atoms with E-state index in [1.807, 2.05) is 41.0 Å². The van der Waals surface area contributed by atoms with Gasteiger partial charge in [0.05, 0.1) is 30.4 Å². The SMILES string of the molecule is O=C(Nc1ccccc1)NC1CCC(C(O)CC2c3c(F)cccc3-c3cncn32)CC1. The number of urea groups is 1. The predicted molar refractivity (Wildman–Crippen MR) is 121 cm³/mol. The van der Waals surface area contributed by atoms with Gasteiger partial charge in [-0.1, -0.05) is 30.3 Å². The summed E-state index contributed by atoms with van der Waals surface area (Å²) in [5.74, 6) is -0.103. The van der Waals surface area contributed by atoms with Crippen molar-refractivity contribution in [3.63, 3.8) is 0 Å². The molecule has 2 aliphatic rings. The molecule has 0 bridgehead atoms. The fraction of sp³-hybridized carbons (Fsp3) is 0.360. The van der Waals surface area contributed by atoms with Gasteiger partial charge in [0.15, 0.2) is 0 Å². The van der Waals surface area contributed by atoms with E-state index in [0.717, 1.165) is 42.6 Å². The second kappa shape index (κ2) is 8.74. The summed E-state index contributed by atoms with van der Waals surface area (Å²) in [7, 11) is 0. The molecule has 0 radical (unpaired) electrons. The summed E-state index contributed by atoms with van der Waals surface area (Å²) in [6.07, 6.45) is 6.66. The Labute approximate surface area is 186 Å². The molecule has 2 aromatic carbocycles. The molecular weight excluding hydrogens is 407 g/mol. The van der Waals surface area contributed by atoms with Gasteiger partial charge in [0.1, 0.15) is 5.82 Å². The van der Waals surface area contributed by atoms with Crippen molar-refractivity contribution >= 4 is 11.7 Å². The first-order valence-corrected chi connectivity index (χ1v) is 11.2. The van der Waals surface area contributed by atoms with Gasteiger partial charge in [-0.15, -0.1) is 0 Å². The Kier molecular flexibility index (Phi) is 5.66. The van der Waals surface area contributed by atoms with Gasteiger partial charge in [-0.05, 0) is 56.2 Å². The summed E-state index contributed by atoms with van der Waals surface area (Å²) in [4.78, 5) is 16.5. The molecule has 3 aromatic rings. The molecule has 3 N–H and O–H groups in total. The van der Waals surface area contributed by atoms with Crippen molar-refractivity contribution in [3.8, 4) is 11.3 Å². The van der Waals surface area contributed by atoms with Crippen LogP contribution in [0.4, 0.5) is 14.9 Å². The number of halogens is 1. The molecular formula is C25H27FN4O2. The van der Waals surface area contributed by atoms with Crippen LogP contribution < -0.4 is 10.6 Å². The molecule has 2 heterocycles. The highest BCUT2D eigenvalue weighted by atomic mass is 19.1. The maximum absolute atomic E-state index is 14.6. The summed E-state index contributed by atoms with van der Waals surface area (Å²) in [5, 5.41) is 16.9. The zero-order chi connectivity index (χ0) is 22.1. The number of nitrogens with one attached hydrogen (secondary N) is 2. The topological polar surface area (TPSA) is 79.2 Å². The Morgan fingerprint density at radius 3 is 2.69 bits per heavy atom. The number of carbonyl (C=O) groups excluding carboxylic acids is 1. The van der Waals surface area contributed by atoms with Crippen LogP contribution in [0.25, 0.3) is 11.3 Å². The molecule has 1 aromatic heterocycles. The molecule has 0 spiro atoms. The van der Waals surface area contributed by atoms with E-state index < -0.39 is 6.10 Å². The molecule has 1 aliphatic carbocycles. The van der Waals surface area contributed by atoms with Gasteiger partial charge in [-0.25, -0.2) is 14.2 Å². The number of fused-ring (bicyclic) bond motifs is 3. The van der Waals surface area contributed by atoms with E-state index in [1.54, 1.807) is 18.6 Å². The van der Waals surface area contributed by atoms with E-state index >= 15 is 0 Å². The van der Waals surface area contributed by atoms with Gasteiger partial charge in [-0.3, -0.25) is 0 Å². The minimum absolute atomic E-state index is 0.0899. The van der Waals surface area contributed by atoms with Gasteiger partial charge in [0.2, 0.25) is 0 Å². The van der Waals surface area contributed by atoms with Gasteiger partial charge < -0.3 is 20.3 Å². The van der Waals surface area contributed by atoms with E-state index in [2.05, 4.69) is 15.6 Å². The van der Waals surface area contributed by atoms with Gasteiger partial charge in [0, 0.05) is 22.9 Å². The number of rotatable bonds is 5. The van der Waals surface area contributed by atoms with Crippen LogP contribution in [0.2, 0.25) is 0 Å². The number of hydrogen-bond donors (Lipinski definition) is 3. The third-order valence-corrected chi connectivity index (χ3v) is 6.81. The van der Waals surface area contributed by atoms with Crippen molar-refractivity contribution in [2.45, 2.75) is 50.3 Å². The number of aliphatic hydroxyl groups is 1. The van der Waals surface area contributed by atoms with E-state index in [9.17, 15) is 14.3 Å². The van der Waals surface area contributed by atoms with Crippen molar-refractivity contribution in [2.75, 3.05) is 5.32 Å². The zero-order valence-electron chi connectivity index (χ0n) is 17.7. The maximum Gasteiger partial charge on any atom is 0.319 e. The monoisotopic (exact) mass is 434 g/mol. The van der Waals surface area contributed by atoms with Crippen molar-refractivity contribution in [1.82, 2.24) is 14.9 Å². The molecule has 6 nitrogen and oxygen atoms in total. The number of carbonyl (C=O) groups is 1. The number of amides is 2. The highest BCUT2D eigenvalue weighted by molar-refractivity contribution is 5.89. The van der Waals surface area contributed by atoms with Gasteiger partial charge in [-0.2, -0.15) is 0 Å². The predicted octanol–water partition coefficient (Wildman–Crippen LogP) is 4.72. The second-order valence-corrected chi connectivity index (χ2v) is 8.78. The normalized spacial score (nSPS) is 22.6. The van der Waals surface area contributed by atoms with Crippen LogP contribution in [-0.4, -0.2) is 32.8 Å². The van der Waals surface area contributed by atoms with Crippen LogP contribution in [0.3, 0.4) is 0 Å². The minimum atomic E-state index is -0.542. The smallest absolute Gasteiger partial charge is 0.319 e. The number of imidazole rings is 1. The number of hydrogen-bond acceptors (Lipinski definition) is 3. The Hall–Kier alpha value is -3.19. The molecule has 1 fully saturated rings. The van der Waals surface area contributed by atoms with Crippen LogP contribution in [0.15, 0.2) is 61.1 Å². The number of anilines is 1. The minimum Gasteiger partial charge on any atom is -0.393 e. The van der Waals surface area contributed by atoms with Crippen LogP contribution in [0.1, 0.15) is 43.7 Å². The van der Waals surface area contributed by atoms with Crippen molar-refractivity contribution in [2.24, 2.45) is 5.92 Å². The lowest BCUT2D eigenvalue weighted by Crippen LogP contribution is -2.41. The first-order chi connectivity index (χ1) is 15.6. The van der Waals surface area contributed by atoms with Crippen molar-refractivity contribution < 1.29 is 14.3 Å². The van der Waals surface area contributed by atoms with E-state index in [0.29, 0.717) is 12.0 Å². The molecule has 5 rings (SSSR count). The Morgan fingerprint density at radius 1 is 1.12 bits per heavy atom. The Morgan fingerprint density at radius 2 is 1.91 bits per heavy atom. The molecule has 7 heteroatoms.